The van der Waals surface area contributed by atoms with E-state index in [4.69, 9.17) is 25.8 Å². The maximum atomic E-state index is 12.6. The molecule has 0 aromatic heterocycles. The minimum Gasteiger partial charge on any atom is -0.486 e. The maximum absolute atomic E-state index is 12.6. The molecule has 1 fully saturated rings. The molecule has 1 aromatic rings. The lowest BCUT2D eigenvalue weighted by Gasteiger charge is -2.23. The number of amides is 2. The van der Waals surface area contributed by atoms with E-state index in [1.807, 2.05) is 0 Å². The molecular weight excluding hydrogens is 348 g/mol. The van der Waals surface area contributed by atoms with E-state index in [1.165, 1.54) is 7.11 Å². The number of rotatable bonds is 2. The summed E-state index contributed by atoms with van der Waals surface area (Å²) in [4.78, 5) is 27.6. The van der Waals surface area contributed by atoms with E-state index in [1.54, 1.807) is 21.9 Å². The highest BCUT2D eigenvalue weighted by atomic mass is 35.5. The zero-order valence-corrected chi connectivity index (χ0v) is 14.9. The molecule has 136 valence electrons. The Labute approximate surface area is 151 Å². The van der Waals surface area contributed by atoms with Gasteiger partial charge in [-0.1, -0.05) is 11.6 Å². The van der Waals surface area contributed by atoms with Gasteiger partial charge in [-0.15, -0.1) is 0 Å². The molecule has 2 aliphatic rings. The average Bonchev–Trinajstić information content (AvgIpc) is 2.87. The first-order valence-electron chi connectivity index (χ1n) is 8.27. The van der Waals surface area contributed by atoms with E-state index in [-0.39, 0.29) is 18.4 Å². The van der Waals surface area contributed by atoms with Crippen LogP contribution in [0.15, 0.2) is 12.1 Å². The molecular formula is C17H21ClN2O5. The third-order valence-corrected chi connectivity index (χ3v) is 4.57. The highest BCUT2D eigenvalue weighted by Gasteiger charge is 2.23. The number of fused-ring (bicyclic) bond motifs is 1. The Balaban J connectivity index is 1.64. The van der Waals surface area contributed by atoms with E-state index in [9.17, 15) is 9.59 Å². The van der Waals surface area contributed by atoms with Crippen LogP contribution < -0.4 is 9.47 Å². The first-order chi connectivity index (χ1) is 12.1. The molecule has 0 spiro atoms. The summed E-state index contributed by atoms with van der Waals surface area (Å²) in [6.45, 7) is 3.11. The fraction of sp³-hybridized carbons (Fsp3) is 0.529. The second-order valence-corrected chi connectivity index (χ2v) is 6.38. The highest BCUT2D eigenvalue weighted by molar-refractivity contribution is 6.32. The molecule has 25 heavy (non-hydrogen) atoms. The summed E-state index contributed by atoms with van der Waals surface area (Å²) in [5.74, 6) is 1.11. The summed E-state index contributed by atoms with van der Waals surface area (Å²) in [6.07, 6.45) is 0.602. The summed E-state index contributed by atoms with van der Waals surface area (Å²) in [6, 6.07) is 3.54. The van der Waals surface area contributed by atoms with Crippen molar-refractivity contribution in [3.63, 3.8) is 0 Å². The van der Waals surface area contributed by atoms with Crippen molar-refractivity contribution in [2.45, 2.75) is 12.8 Å². The first-order valence-corrected chi connectivity index (χ1v) is 8.65. The number of carbonyl (C=O) groups excluding carboxylic acids is 2. The van der Waals surface area contributed by atoms with Gasteiger partial charge in [-0.2, -0.15) is 0 Å². The molecule has 1 aromatic carbocycles. The van der Waals surface area contributed by atoms with Crippen molar-refractivity contribution in [2.75, 3.05) is 46.5 Å². The van der Waals surface area contributed by atoms with Crippen molar-refractivity contribution in [3.05, 3.63) is 22.7 Å². The van der Waals surface area contributed by atoms with Gasteiger partial charge < -0.3 is 24.0 Å². The van der Waals surface area contributed by atoms with E-state index < -0.39 is 0 Å². The Morgan fingerprint density at radius 2 is 1.84 bits per heavy atom. The largest absolute Gasteiger partial charge is 0.486 e. The lowest BCUT2D eigenvalue weighted by atomic mass is 10.1. The predicted molar refractivity (Wildman–Crippen MR) is 91.3 cm³/mol. The molecule has 0 N–H and O–H groups in total. The lowest BCUT2D eigenvalue weighted by Crippen LogP contribution is -2.37. The van der Waals surface area contributed by atoms with Gasteiger partial charge in [0.05, 0.1) is 18.6 Å². The van der Waals surface area contributed by atoms with Crippen LogP contribution in [0.5, 0.6) is 11.5 Å². The molecule has 2 aliphatic heterocycles. The predicted octanol–water partition coefficient (Wildman–Crippen LogP) is 1.95. The number of ether oxygens (including phenoxy) is 3. The van der Waals surface area contributed by atoms with Crippen LogP contribution in [0.2, 0.25) is 5.02 Å². The number of benzene rings is 1. The molecule has 3 rings (SSSR count). The fourth-order valence-corrected chi connectivity index (χ4v) is 3.32. The molecule has 0 aliphatic carbocycles. The monoisotopic (exact) mass is 368 g/mol. The van der Waals surface area contributed by atoms with Crippen LogP contribution in [0.1, 0.15) is 12.0 Å². The SMILES string of the molecule is COC(=O)N1CCCN(C(=O)Cc2cc(Cl)c3c(c2)OCCO3)CC1. The minimum atomic E-state index is -0.354. The van der Waals surface area contributed by atoms with Crippen molar-refractivity contribution in [1.82, 2.24) is 9.80 Å². The number of hydrogen-bond acceptors (Lipinski definition) is 5. The summed E-state index contributed by atoms with van der Waals surface area (Å²) in [5, 5.41) is 0.452. The Kier molecular flexibility index (Phi) is 5.53. The molecule has 0 saturated carbocycles. The van der Waals surface area contributed by atoms with Crippen LogP contribution in [0.4, 0.5) is 4.79 Å². The van der Waals surface area contributed by atoms with Crippen LogP contribution in [-0.2, 0) is 16.0 Å². The Hall–Kier alpha value is -2.15. The van der Waals surface area contributed by atoms with Gasteiger partial charge in [-0.3, -0.25) is 4.79 Å². The Morgan fingerprint density at radius 1 is 1.12 bits per heavy atom. The fourth-order valence-electron chi connectivity index (χ4n) is 3.03. The van der Waals surface area contributed by atoms with Gasteiger partial charge in [0.25, 0.3) is 0 Å². The average molecular weight is 369 g/mol. The van der Waals surface area contributed by atoms with Crippen LogP contribution in [0, 0.1) is 0 Å². The molecule has 0 bridgehead atoms. The van der Waals surface area contributed by atoms with Crippen LogP contribution in [-0.4, -0.2) is 68.3 Å². The molecule has 7 nitrogen and oxygen atoms in total. The standard InChI is InChI=1S/C17H21ClN2O5/c1-23-17(22)20-4-2-3-19(5-6-20)15(21)11-12-9-13(18)16-14(10-12)24-7-8-25-16/h9-10H,2-8,11H2,1H3. The van der Waals surface area contributed by atoms with E-state index in [2.05, 4.69) is 0 Å². The molecule has 0 radical (unpaired) electrons. The normalized spacial score (nSPS) is 17.0. The van der Waals surface area contributed by atoms with Crippen molar-refractivity contribution >= 4 is 23.6 Å². The molecule has 1 saturated heterocycles. The van der Waals surface area contributed by atoms with Gasteiger partial charge >= 0.3 is 6.09 Å². The molecule has 2 amide bonds. The maximum Gasteiger partial charge on any atom is 0.409 e. The zero-order valence-electron chi connectivity index (χ0n) is 14.1. The lowest BCUT2D eigenvalue weighted by molar-refractivity contribution is -0.130. The van der Waals surface area contributed by atoms with Crippen molar-refractivity contribution < 1.29 is 23.8 Å². The van der Waals surface area contributed by atoms with Crippen LogP contribution in [0.25, 0.3) is 0 Å². The zero-order chi connectivity index (χ0) is 17.8. The smallest absolute Gasteiger partial charge is 0.409 e. The van der Waals surface area contributed by atoms with Crippen molar-refractivity contribution in [2.24, 2.45) is 0 Å². The minimum absolute atomic E-state index is 0.000500. The van der Waals surface area contributed by atoms with Gasteiger partial charge in [-0.05, 0) is 24.1 Å². The molecule has 0 atom stereocenters. The second-order valence-electron chi connectivity index (χ2n) is 5.97. The summed E-state index contributed by atoms with van der Waals surface area (Å²) >= 11 is 6.22. The number of hydrogen-bond donors (Lipinski definition) is 0. The summed E-state index contributed by atoms with van der Waals surface area (Å²) in [7, 11) is 1.36. The molecule has 2 heterocycles. The van der Waals surface area contributed by atoms with Gasteiger partial charge in [0.15, 0.2) is 11.5 Å². The quantitative estimate of drug-likeness (QED) is 0.798. The number of methoxy groups -OCH3 is 1. The van der Waals surface area contributed by atoms with Crippen LogP contribution >= 0.6 is 11.6 Å². The first kappa shape index (κ1) is 17.7. The second kappa shape index (κ2) is 7.82. The highest BCUT2D eigenvalue weighted by Crippen LogP contribution is 2.38. The third-order valence-electron chi connectivity index (χ3n) is 4.29. The Bertz CT molecular complexity index is 667. The topological polar surface area (TPSA) is 68.3 Å². The third kappa shape index (κ3) is 4.10. The summed E-state index contributed by atoms with van der Waals surface area (Å²) < 4.78 is 15.8. The van der Waals surface area contributed by atoms with Gasteiger partial charge in [-0.25, -0.2) is 4.79 Å². The van der Waals surface area contributed by atoms with Crippen molar-refractivity contribution in [3.8, 4) is 11.5 Å². The molecule has 0 unspecified atom stereocenters. The Morgan fingerprint density at radius 3 is 2.64 bits per heavy atom. The van der Waals surface area contributed by atoms with E-state index >= 15 is 0 Å². The van der Waals surface area contributed by atoms with Gasteiger partial charge in [0.1, 0.15) is 13.2 Å². The van der Waals surface area contributed by atoms with E-state index in [0.29, 0.717) is 55.9 Å². The number of halogens is 1. The van der Waals surface area contributed by atoms with Crippen LogP contribution in [0.3, 0.4) is 0 Å². The summed E-state index contributed by atoms with van der Waals surface area (Å²) in [5.41, 5.74) is 0.785. The van der Waals surface area contributed by atoms with Crippen molar-refractivity contribution in [1.29, 1.82) is 0 Å². The van der Waals surface area contributed by atoms with Gasteiger partial charge in [0, 0.05) is 26.2 Å². The number of carbonyl (C=O) groups is 2. The van der Waals surface area contributed by atoms with E-state index in [0.717, 1.165) is 12.0 Å². The number of nitrogens with zero attached hydrogens (tertiary/aromatic N) is 2. The van der Waals surface area contributed by atoms with Gasteiger partial charge in [0.2, 0.25) is 5.91 Å². The molecule has 8 heteroatoms.